The average Bonchev–Trinajstić information content (AvgIpc) is 3.18. The van der Waals surface area contributed by atoms with Crippen molar-refractivity contribution in [1.82, 2.24) is 10.2 Å². The average molecular weight is 381 g/mol. The summed E-state index contributed by atoms with van der Waals surface area (Å²) in [6.07, 6.45) is -0.322. The van der Waals surface area contributed by atoms with E-state index < -0.39 is 6.09 Å². The van der Waals surface area contributed by atoms with Gasteiger partial charge in [-0.05, 0) is 43.7 Å². The topological polar surface area (TPSA) is 58.6 Å². The lowest BCUT2D eigenvalue weighted by Gasteiger charge is -2.22. The van der Waals surface area contributed by atoms with Gasteiger partial charge in [0, 0.05) is 15.3 Å². The molecule has 0 aliphatic rings. The Kier molecular flexibility index (Phi) is 7.01. The van der Waals surface area contributed by atoms with Crippen LogP contribution in [-0.4, -0.2) is 29.0 Å². The first-order valence-corrected chi connectivity index (χ1v) is 9.87. The number of ether oxygens (including phenoxy) is 1. The molecule has 0 fully saturated rings. The van der Waals surface area contributed by atoms with Crippen LogP contribution >= 0.6 is 22.7 Å². The Bertz CT molecular complexity index is 625. The smallest absolute Gasteiger partial charge is 0.407 e. The van der Waals surface area contributed by atoms with Crippen LogP contribution in [-0.2, 0) is 22.6 Å². The van der Waals surface area contributed by atoms with Gasteiger partial charge in [0.15, 0.2) is 0 Å². The van der Waals surface area contributed by atoms with Gasteiger partial charge in [-0.1, -0.05) is 12.1 Å². The van der Waals surface area contributed by atoms with E-state index in [0.717, 1.165) is 9.75 Å². The molecule has 1 N–H and O–H groups in total. The van der Waals surface area contributed by atoms with Crippen LogP contribution in [0, 0.1) is 0 Å². The first-order valence-electron chi connectivity index (χ1n) is 8.11. The zero-order chi connectivity index (χ0) is 18.3. The predicted molar refractivity (Wildman–Crippen MR) is 102 cm³/mol. The molecule has 0 aliphatic heterocycles. The maximum atomic E-state index is 12.6. The van der Waals surface area contributed by atoms with Crippen molar-refractivity contribution in [2.45, 2.75) is 45.8 Å². The van der Waals surface area contributed by atoms with Crippen molar-refractivity contribution in [3.05, 3.63) is 44.8 Å². The highest BCUT2D eigenvalue weighted by Gasteiger charge is 2.18. The highest BCUT2D eigenvalue weighted by molar-refractivity contribution is 7.10. The second-order valence-electron chi connectivity index (χ2n) is 6.67. The van der Waals surface area contributed by atoms with Crippen molar-refractivity contribution in [3.63, 3.8) is 0 Å². The van der Waals surface area contributed by atoms with E-state index in [4.69, 9.17) is 4.74 Å². The van der Waals surface area contributed by atoms with E-state index in [1.165, 1.54) is 0 Å². The van der Waals surface area contributed by atoms with Crippen LogP contribution in [0.4, 0.5) is 4.79 Å². The number of nitrogens with zero attached hydrogens (tertiary/aromatic N) is 1. The number of nitrogens with one attached hydrogen (secondary N) is 1. The van der Waals surface area contributed by atoms with Crippen molar-refractivity contribution in [2.75, 3.05) is 6.61 Å². The molecule has 2 rings (SSSR count). The lowest BCUT2D eigenvalue weighted by Crippen LogP contribution is -2.41. The highest BCUT2D eigenvalue weighted by atomic mass is 32.1. The summed E-state index contributed by atoms with van der Waals surface area (Å²) >= 11 is 3.26. The van der Waals surface area contributed by atoms with Crippen molar-refractivity contribution >= 4 is 34.7 Å². The van der Waals surface area contributed by atoms with Gasteiger partial charge in [0.1, 0.15) is 6.61 Å². The second-order valence-corrected chi connectivity index (χ2v) is 8.73. The number of rotatable bonds is 7. The van der Waals surface area contributed by atoms with Crippen molar-refractivity contribution in [3.8, 4) is 0 Å². The fraction of sp³-hybridized carbons (Fsp3) is 0.444. The summed E-state index contributed by atoms with van der Waals surface area (Å²) in [5.41, 5.74) is -0.356. The van der Waals surface area contributed by atoms with Gasteiger partial charge in [0.25, 0.3) is 0 Å². The van der Waals surface area contributed by atoms with Gasteiger partial charge in [-0.2, -0.15) is 0 Å². The van der Waals surface area contributed by atoms with Gasteiger partial charge in [-0.25, -0.2) is 4.79 Å². The summed E-state index contributed by atoms with van der Waals surface area (Å²) in [6.45, 7) is 6.85. The van der Waals surface area contributed by atoms with E-state index in [0.29, 0.717) is 13.1 Å². The summed E-state index contributed by atoms with van der Waals surface area (Å²) < 4.78 is 5.12. The van der Waals surface area contributed by atoms with E-state index in [9.17, 15) is 9.59 Å². The maximum absolute atomic E-state index is 12.6. The molecule has 2 heterocycles. The Hall–Kier alpha value is -1.86. The standard InChI is InChI=1S/C18H24N2O3S2/c1-18(2,3)19-17(22)23-9-8-16(21)20(12-14-6-4-10-24-14)13-15-7-5-11-25-15/h4-7,10-11H,8-9,12-13H2,1-3H3,(H,19,22). The fourth-order valence-corrected chi connectivity index (χ4v) is 3.58. The zero-order valence-corrected chi connectivity index (χ0v) is 16.4. The van der Waals surface area contributed by atoms with Gasteiger partial charge >= 0.3 is 6.09 Å². The minimum absolute atomic E-state index is 0.0228. The molecule has 25 heavy (non-hydrogen) atoms. The fourth-order valence-electron chi connectivity index (χ4n) is 2.14. The lowest BCUT2D eigenvalue weighted by molar-refractivity contribution is -0.133. The van der Waals surface area contributed by atoms with Crippen LogP contribution in [0.15, 0.2) is 35.0 Å². The monoisotopic (exact) mass is 380 g/mol. The minimum Gasteiger partial charge on any atom is -0.449 e. The van der Waals surface area contributed by atoms with Crippen molar-refractivity contribution in [1.29, 1.82) is 0 Å². The molecule has 0 aromatic carbocycles. The molecule has 7 heteroatoms. The summed E-state index contributed by atoms with van der Waals surface area (Å²) in [6, 6.07) is 8.00. The molecule has 5 nitrogen and oxygen atoms in total. The van der Waals surface area contributed by atoms with Crippen LogP contribution in [0.5, 0.6) is 0 Å². The summed E-state index contributed by atoms with van der Waals surface area (Å²) in [5, 5.41) is 6.72. The molecule has 2 aromatic heterocycles. The van der Waals surface area contributed by atoms with Crippen LogP contribution in [0.2, 0.25) is 0 Å². The molecular formula is C18H24N2O3S2. The minimum atomic E-state index is -0.497. The second kappa shape index (κ2) is 9.01. The maximum Gasteiger partial charge on any atom is 0.407 e. The van der Waals surface area contributed by atoms with Crippen molar-refractivity contribution < 1.29 is 14.3 Å². The number of carbonyl (C=O) groups excluding carboxylic acids is 2. The first-order chi connectivity index (χ1) is 11.8. The quantitative estimate of drug-likeness (QED) is 0.781. The Morgan fingerprint density at radius 2 is 1.64 bits per heavy atom. The predicted octanol–water partition coefficient (Wildman–Crippen LogP) is 4.25. The molecule has 2 aromatic rings. The molecule has 2 amide bonds. The lowest BCUT2D eigenvalue weighted by atomic mass is 10.1. The SMILES string of the molecule is CC(C)(C)NC(=O)OCCC(=O)N(Cc1cccs1)Cc1cccs1. The molecule has 0 aliphatic carbocycles. The molecule has 0 radical (unpaired) electrons. The molecule has 0 saturated carbocycles. The van der Waals surface area contributed by atoms with E-state index in [1.54, 1.807) is 22.7 Å². The zero-order valence-electron chi connectivity index (χ0n) is 14.8. The van der Waals surface area contributed by atoms with E-state index in [-0.39, 0.29) is 24.5 Å². The van der Waals surface area contributed by atoms with Crippen LogP contribution < -0.4 is 5.32 Å². The van der Waals surface area contributed by atoms with Gasteiger partial charge in [0.05, 0.1) is 19.5 Å². The van der Waals surface area contributed by atoms with Gasteiger partial charge in [0.2, 0.25) is 5.91 Å². The molecule has 0 unspecified atom stereocenters. The van der Waals surface area contributed by atoms with Gasteiger partial charge in [-0.15, -0.1) is 22.7 Å². The third-order valence-electron chi connectivity index (χ3n) is 3.23. The van der Waals surface area contributed by atoms with Crippen molar-refractivity contribution in [2.24, 2.45) is 0 Å². The number of carbonyl (C=O) groups is 2. The number of hydrogen-bond acceptors (Lipinski definition) is 5. The van der Waals surface area contributed by atoms with Crippen LogP contribution in [0.3, 0.4) is 0 Å². The van der Waals surface area contributed by atoms with Crippen LogP contribution in [0.25, 0.3) is 0 Å². The molecule has 0 atom stereocenters. The largest absolute Gasteiger partial charge is 0.449 e. The summed E-state index contributed by atoms with van der Waals surface area (Å²) in [4.78, 5) is 28.3. The molecule has 0 saturated heterocycles. The third-order valence-corrected chi connectivity index (χ3v) is 4.95. The Labute approximate surface area is 156 Å². The van der Waals surface area contributed by atoms with Gasteiger partial charge in [-0.3, -0.25) is 4.79 Å². The number of amides is 2. The van der Waals surface area contributed by atoms with E-state index >= 15 is 0 Å². The third kappa shape index (κ3) is 7.27. The molecule has 0 spiro atoms. The van der Waals surface area contributed by atoms with E-state index in [2.05, 4.69) is 5.32 Å². The number of thiophene rings is 2. The molecule has 0 bridgehead atoms. The molecule has 136 valence electrons. The number of hydrogen-bond donors (Lipinski definition) is 1. The first kappa shape index (κ1) is 19.5. The Morgan fingerprint density at radius 1 is 1.08 bits per heavy atom. The number of alkyl carbamates (subject to hydrolysis) is 1. The van der Waals surface area contributed by atoms with E-state index in [1.807, 2.05) is 60.7 Å². The van der Waals surface area contributed by atoms with Gasteiger partial charge < -0.3 is 15.0 Å². The Morgan fingerprint density at radius 3 is 2.08 bits per heavy atom. The summed E-state index contributed by atoms with van der Waals surface area (Å²) in [5.74, 6) is -0.0228. The Balaban J connectivity index is 1.87. The van der Waals surface area contributed by atoms with Crippen LogP contribution in [0.1, 0.15) is 36.9 Å². The molecular weight excluding hydrogens is 356 g/mol. The highest BCUT2D eigenvalue weighted by Crippen LogP contribution is 2.18. The summed E-state index contributed by atoms with van der Waals surface area (Å²) in [7, 11) is 0. The normalized spacial score (nSPS) is 11.2.